The van der Waals surface area contributed by atoms with Crippen molar-refractivity contribution in [3.8, 4) is 0 Å². The first-order valence-corrected chi connectivity index (χ1v) is 10.1. The van der Waals surface area contributed by atoms with Crippen LogP contribution in [-0.2, 0) is 33.0 Å². The van der Waals surface area contributed by atoms with Crippen molar-refractivity contribution in [2.24, 2.45) is 13.0 Å². The summed E-state index contributed by atoms with van der Waals surface area (Å²) in [6, 6.07) is 7.26. The van der Waals surface area contributed by atoms with Crippen LogP contribution in [0, 0.1) is 5.92 Å². The number of aryl methyl sites for hydroxylation is 2. The van der Waals surface area contributed by atoms with Gasteiger partial charge in [-0.2, -0.15) is 5.10 Å². The van der Waals surface area contributed by atoms with E-state index >= 15 is 0 Å². The van der Waals surface area contributed by atoms with Crippen molar-refractivity contribution in [3.63, 3.8) is 0 Å². The molecule has 0 saturated carbocycles. The van der Waals surface area contributed by atoms with Crippen molar-refractivity contribution in [2.45, 2.75) is 51.6 Å². The topological polar surface area (TPSA) is 60.1 Å². The molecule has 1 saturated heterocycles. The first-order valence-electron chi connectivity index (χ1n) is 10.1. The van der Waals surface area contributed by atoms with E-state index in [2.05, 4.69) is 10.00 Å². The van der Waals surface area contributed by atoms with Gasteiger partial charge in [-0.25, -0.2) is 4.68 Å². The van der Waals surface area contributed by atoms with Crippen LogP contribution in [0.15, 0.2) is 33.9 Å². The molecule has 0 spiro atoms. The van der Waals surface area contributed by atoms with Crippen LogP contribution in [0.2, 0.25) is 0 Å². The summed E-state index contributed by atoms with van der Waals surface area (Å²) in [4.78, 5) is 26.6. The Morgan fingerprint density at radius 3 is 2.67 bits per heavy atom. The van der Waals surface area contributed by atoms with Crippen molar-refractivity contribution in [1.82, 2.24) is 19.2 Å². The van der Waals surface area contributed by atoms with Gasteiger partial charge in [0.05, 0.1) is 5.69 Å². The van der Waals surface area contributed by atoms with Crippen LogP contribution in [0.1, 0.15) is 42.6 Å². The monoisotopic (exact) mass is 368 g/mol. The van der Waals surface area contributed by atoms with E-state index < -0.39 is 0 Å². The summed E-state index contributed by atoms with van der Waals surface area (Å²) in [6.45, 7) is 3.51. The van der Waals surface area contributed by atoms with Crippen LogP contribution in [0.3, 0.4) is 0 Å². The summed E-state index contributed by atoms with van der Waals surface area (Å²) < 4.78 is 3.42. The summed E-state index contributed by atoms with van der Waals surface area (Å²) in [6.07, 6.45) is 6.47. The number of hydrogen-bond acceptors (Lipinski definition) is 4. The molecule has 144 valence electrons. The second-order valence-electron chi connectivity index (χ2n) is 7.98. The van der Waals surface area contributed by atoms with Crippen molar-refractivity contribution >= 4 is 0 Å². The predicted molar refractivity (Wildman–Crippen MR) is 105 cm³/mol. The van der Waals surface area contributed by atoms with E-state index in [0.717, 1.165) is 68.8 Å². The summed E-state index contributed by atoms with van der Waals surface area (Å²) >= 11 is 0. The molecule has 0 atom stereocenters. The van der Waals surface area contributed by atoms with E-state index in [1.807, 2.05) is 25.2 Å². The van der Waals surface area contributed by atoms with Gasteiger partial charge in [0.1, 0.15) is 0 Å². The van der Waals surface area contributed by atoms with Crippen LogP contribution in [0.4, 0.5) is 0 Å². The maximum absolute atomic E-state index is 12.4. The number of fused-ring (bicyclic) bond motifs is 1. The number of nitrogens with zero attached hydrogens (tertiary/aromatic N) is 4. The Morgan fingerprint density at radius 2 is 1.85 bits per heavy atom. The van der Waals surface area contributed by atoms with Gasteiger partial charge in [-0.15, -0.1) is 0 Å². The highest BCUT2D eigenvalue weighted by Crippen LogP contribution is 2.21. The molecule has 4 rings (SSSR count). The number of aromatic nitrogens is 3. The minimum atomic E-state index is 0.0419. The van der Waals surface area contributed by atoms with Crippen molar-refractivity contribution < 1.29 is 0 Å². The Bertz CT molecular complexity index is 923. The van der Waals surface area contributed by atoms with Crippen LogP contribution >= 0.6 is 0 Å². The van der Waals surface area contributed by atoms with E-state index in [1.54, 1.807) is 15.3 Å². The summed E-state index contributed by atoms with van der Waals surface area (Å²) in [5.74, 6) is 0.493. The van der Waals surface area contributed by atoms with Gasteiger partial charge in [0.15, 0.2) is 0 Å². The molecular weight excluding hydrogens is 340 g/mol. The van der Waals surface area contributed by atoms with Gasteiger partial charge in [-0.1, -0.05) is 6.07 Å². The molecule has 0 N–H and O–H groups in total. The second kappa shape index (κ2) is 7.80. The van der Waals surface area contributed by atoms with Gasteiger partial charge >= 0.3 is 0 Å². The van der Waals surface area contributed by atoms with Crippen LogP contribution in [0.25, 0.3) is 0 Å². The molecule has 0 amide bonds. The van der Waals surface area contributed by atoms with E-state index in [9.17, 15) is 9.59 Å². The Labute approximate surface area is 159 Å². The first-order chi connectivity index (χ1) is 13.1. The fourth-order valence-electron chi connectivity index (χ4n) is 4.30. The zero-order valence-electron chi connectivity index (χ0n) is 16.1. The smallest absolute Gasteiger partial charge is 0.267 e. The molecule has 0 unspecified atom stereocenters. The maximum Gasteiger partial charge on any atom is 0.267 e. The third-order valence-electron chi connectivity index (χ3n) is 6.09. The second-order valence-corrected chi connectivity index (χ2v) is 7.98. The number of hydrogen-bond donors (Lipinski definition) is 0. The molecule has 6 heteroatoms. The average molecular weight is 368 g/mol. The molecule has 3 heterocycles. The fraction of sp³-hybridized carbons (Fsp3) is 0.571. The largest absolute Gasteiger partial charge is 0.314 e. The highest BCUT2D eigenvalue weighted by atomic mass is 16.1. The Balaban J connectivity index is 1.36. The van der Waals surface area contributed by atoms with E-state index in [1.165, 1.54) is 12.8 Å². The minimum absolute atomic E-state index is 0.0419. The molecule has 2 aliphatic rings. The SMILES string of the molecule is Cn1c(CN2CCC(Cn3nc4c(cc3=O)CCCC4)CC2)cccc1=O. The maximum atomic E-state index is 12.4. The molecule has 0 radical (unpaired) electrons. The van der Waals surface area contributed by atoms with Crippen LogP contribution in [0.5, 0.6) is 0 Å². The Morgan fingerprint density at radius 1 is 1.07 bits per heavy atom. The first kappa shape index (κ1) is 18.2. The summed E-state index contributed by atoms with van der Waals surface area (Å²) in [5, 5.41) is 4.67. The predicted octanol–water partition coefficient (Wildman–Crippen LogP) is 1.73. The average Bonchev–Trinajstić information content (AvgIpc) is 2.67. The van der Waals surface area contributed by atoms with Gasteiger partial charge in [0.2, 0.25) is 5.56 Å². The highest BCUT2D eigenvalue weighted by molar-refractivity contribution is 5.20. The van der Waals surface area contributed by atoms with Crippen molar-refractivity contribution in [3.05, 3.63) is 61.9 Å². The molecule has 2 aromatic rings. The number of rotatable bonds is 4. The quantitative estimate of drug-likeness (QED) is 0.825. The number of likely N-dealkylation sites (tertiary alicyclic amines) is 1. The van der Waals surface area contributed by atoms with Gasteiger partial charge in [-0.3, -0.25) is 14.5 Å². The molecule has 0 aromatic carbocycles. The van der Waals surface area contributed by atoms with Gasteiger partial charge in [-0.05, 0) is 69.2 Å². The van der Waals surface area contributed by atoms with Gasteiger partial charge in [0, 0.05) is 38.0 Å². The number of pyridine rings is 1. The molecule has 6 nitrogen and oxygen atoms in total. The Hall–Kier alpha value is -2.21. The normalized spacial score (nSPS) is 18.4. The lowest BCUT2D eigenvalue weighted by molar-refractivity contribution is 0.160. The van der Waals surface area contributed by atoms with Gasteiger partial charge in [0.25, 0.3) is 5.56 Å². The molecule has 1 fully saturated rings. The zero-order valence-corrected chi connectivity index (χ0v) is 16.1. The molecule has 0 bridgehead atoms. The molecule has 27 heavy (non-hydrogen) atoms. The van der Waals surface area contributed by atoms with E-state index in [4.69, 9.17) is 0 Å². The van der Waals surface area contributed by atoms with Crippen molar-refractivity contribution in [1.29, 1.82) is 0 Å². The molecule has 1 aliphatic heterocycles. The van der Waals surface area contributed by atoms with E-state index in [-0.39, 0.29) is 11.1 Å². The van der Waals surface area contributed by atoms with Crippen LogP contribution < -0.4 is 11.1 Å². The lowest BCUT2D eigenvalue weighted by Crippen LogP contribution is -2.37. The lowest BCUT2D eigenvalue weighted by atomic mass is 9.95. The fourth-order valence-corrected chi connectivity index (χ4v) is 4.30. The third-order valence-corrected chi connectivity index (χ3v) is 6.09. The highest BCUT2D eigenvalue weighted by Gasteiger charge is 2.22. The standard InChI is InChI=1S/C21H28N4O2/c1-23-18(6-4-8-20(23)26)15-24-11-9-16(10-12-24)14-25-21(27)13-17-5-2-3-7-19(17)22-25/h4,6,8,13,16H,2-3,5,7,9-12,14-15H2,1H3. The lowest BCUT2D eigenvalue weighted by Gasteiger charge is -2.32. The molecule has 2 aromatic heterocycles. The zero-order chi connectivity index (χ0) is 18.8. The Kier molecular flexibility index (Phi) is 5.25. The van der Waals surface area contributed by atoms with Crippen LogP contribution in [-0.4, -0.2) is 32.3 Å². The van der Waals surface area contributed by atoms with E-state index in [0.29, 0.717) is 5.92 Å². The summed E-state index contributed by atoms with van der Waals surface area (Å²) in [5.41, 5.74) is 3.43. The molecular formula is C21H28N4O2. The summed E-state index contributed by atoms with van der Waals surface area (Å²) in [7, 11) is 1.83. The van der Waals surface area contributed by atoms with Gasteiger partial charge < -0.3 is 4.57 Å². The number of piperidine rings is 1. The molecule has 1 aliphatic carbocycles. The minimum Gasteiger partial charge on any atom is -0.314 e. The van der Waals surface area contributed by atoms with Crippen molar-refractivity contribution in [2.75, 3.05) is 13.1 Å². The third kappa shape index (κ3) is 4.05.